The molecule has 0 amide bonds. The molecule has 0 saturated carbocycles. The Hall–Kier alpha value is -1.02. The minimum atomic E-state index is 0.290. The standard InChI is InChI=1S/C13H14OS/c1-15-11-8-6-10(7-9-11)12-4-2-3-5-13(12)14/h4,6-9H,2-3,5H2,1H3. The van der Waals surface area contributed by atoms with Gasteiger partial charge in [0.2, 0.25) is 0 Å². The predicted octanol–water partition coefficient (Wildman–Crippen LogP) is 3.54. The van der Waals surface area contributed by atoms with Crippen LogP contribution in [0.25, 0.3) is 5.57 Å². The van der Waals surface area contributed by atoms with Crippen molar-refractivity contribution in [2.75, 3.05) is 6.26 Å². The second-order valence-corrected chi connectivity index (χ2v) is 4.54. The van der Waals surface area contributed by atoms with E-state index in [1.54, 1.807) is 11.8 Å². The largest absolute Gasteiger partial charge is 0.294 e. The molecule has 1 aromatic carbocycles. The van der Waals surface area contributed by atoms with Crippen LogP contribution in [0.15, 0.2) is 35.2 Å². The summed E-state index contributed by atoms with van der Waals surface area (Å²) < 4.78 is 0. The molecule has 0 aliphatic heterocycles. The van der Waals surface area contributed by atoms with Crippen molar-refractivity contribution < 1.29 is 4.79 Å². The first-order chi connectivity index (χ1) is 7.31. The molecular weight excluding hydrogens is 204 g/mol. The van der Waals surface area contributed by atoms with E-state index in [2.05, 4.69) is 24.5 Å². The molecule has 0 N–H and O–H groups in total. The van der Waals surface area contributed by atoms with Gasteiger partial charge < -0.3 is 0 Å². The minimum absolute atomic E-state index is 0.290. The van der Waals surface area contributed by atoms with Crippen LogP contribution in [0.4, 0.5) is 0 Å². The van der Waals surface area contributed by atoms with Crippen molar-refractivity contribution in [1.82, 2.24) is 0 Å². The van der Waals surface area contributed by atoms with E-state index in [9.17, 15) is 4.79 Å². The fourth-order valence-corrected chi connectivity index (χ4v) is 2.22. The van der Waals surface area contributed by atoms with E-state index in [4.69, 9.17) is 0 Å². The first kappa shape index (κ1) is 10.5. The highest BCUT2D eigenvalue weighted by atomic mass is 32.2. The first-order valence-electron chi connectivity index (χ1n) is 5.19. The predicted molar refractivity (Wildman–Crippen MR) is 65.1 cm³/mol. The van der Waals surface area contributed by atoms with Gasteiger partial charge in [0.05, 0.1) is 0 Å². The highest BCUT2D eigenvalue weighted by Crippen LogP contribution is 2.25. The molecule has 2 rings (SSSR count). The van der Waals surface area contributed by atoms with Crippen LogP contribution >= 0.6 is 11.8 Å². The molecule has 1 aliphatic carbocycles. The van der Waals surface area contributed by atoms with Gasteiger partial charge in [0, 0.05) is 16.9 Å². The third-order valence-corrected chi connectivity index (χ3v) is 3.40. The van der Waals surface area contributed by atoms with Crippen LogP contribution in [0.3, 0.4) is 0 Å². The van der Waals surface area contributed by atoms with Crippen LogP contribution in [0.1, 0.15) is 24.8 Å². The van der Waals surface area contributed by atoms with Crippen molar-refractivity contribution >= 4 is 23.1 Å². The van der Waals surface area contributed by atoms with E-state index in [-0.39, 0.29) is 5.78 Å². The maximum Gasteiger partial charge on any atom is 0.163 e. The van der Waals surface area contributed by atoms with Crippen molar-refractivity contribution in [1.29, 1.82) is 0 Å². The van der Waals surface area contributed by atoms with Crippen molar-refractivity contribution in [3.8, 4) is 0 Å². The number of hydrogen-bond acceptors (Lipinski definition) is 2. The normalized spacial score (nSPS) is 16.3. The lowest BCUT2D eigenvalue weighted by Crippen LogP contribution is -2.05. The summed E-state index contributed by atoms with van der Waals surface area (Å²) in [7, 11) is 0. The lowest BCUT2D eigenvalue weighted by atomic mass is 9.93. The van der Waals surface area contributed by atoms with Crippen LogP contribution in [0.5, 0.6) is 0 Å². The zero-order chi connectivity index (χ0) is 10.7. The average molecular weight is 218 g/mol. The van der Waals surface area contributed by atoms with E-state index < -0.39 is 0 Å². The highest BCUT2D eigenvalue weighted by molar-refractivity contribution is 7.98. The molecule has 0 atom stereocenters. The number of Topliss-reactive ketones (excluding diaryl/α,β-unsaturated/α-hetero) is 1. The minimum Gasteiger partial charge on any atom is -0.294 e. The molecule has 0 spiro atoms. The number of hydrogen-bond donors (Lipinski definition) is 0. The fourth-order valence-electron chi connectivity index (χ4n) is 1.81. The molecule has 0 aromatic heterocycles. The van der Waals surface area contributed by atoms with Gasteiger partial charge in [0.15, 0.2) is 5.78 Å². The summed E-state index contributed by atoms with van der Waals surface area (Å²) in [6.07, 6.45) is 6.87. The second kappa shape index (κ2) is 4.67. The van der Waals surface area contributed by atoms with E-state index in [0.29, 0.717) is 6.42 Å². The molecule has 2 heteroatoms. The van der Waals surface area contributed by atoms with E-state index >= 15 is 0 Å². The van der Waals surface area contributed by atoms with Crippen molar-refractivity contribution in [2.45, 2.75) is 24.2 Å². The van der Waals surface area contributed by atoms with Gasteiger partial charge in [-0.2, -0.15) is 0 Å². The van der Waals surface area contributed by atoms with Gasteiger partial charge in [-0.15, -0.1) is 11.8 Å². The Morgan fingerprint density at radius 2 is 1.93 bits per heavy atom. The van der Waals surface area contributed by atoms with E-state index in [1.807, 2.05) is 12.1 Å². The Labute approximate surface area is 94.6 Å². The SMILES string of the molecule is CSc1ccc(C2=CCCCC2=O)cc1. The Kier molecular flexibility index (Phi) is 3.27. The van der Waals surface area contributed by atoms with E-state index in [0.717, 1.165) is 24.0 Å². The highest BCUT2D eigenvalue weighted by Gasteiger charge is 2.14. The van der Waals surface area contributed by atoms with Crippen LogP contribution in [0, 0.1) is 0 Å². The molecule has 1 aliphatic rings. The molecule has 0 unspecified atom stereocenters. The summed E-state index contributed by atoms with van der Waals surface area (Å²) in [6.45, 7) is 0. The number of rotatable bonds is 2. The molecular formula is C13H14OS. The maximum absolute atomic E-state index is 11.7. The van der Waals surface area contributed by atoms with Crippen molar-refractivity contribution in [3.63, 3.8) is 0 Å². The quantitative estimate of drug-likeness (QED) is 0.706. The maximum atomic E-state index is 11.7. The topological polar surface area (TPSA) is 17.1 Å². The second-order valence-electron chi connectivity index (χ2n) is 3.66. The van der Waals surface area contributed by atoms with Gasteiger partial charge >= 0.3 is 0 Å². The number of carbonyl (C=O) groups excluding carboxylic acids is 1. The number of benzene rings is 1. The van der Waals surface area contributed by atoms with Crippen LogP contribution in [-0.2, 0) is 4.79 Å². The molecule has 0 saturated heterocycles. The van der Waals surface area contributed by atoms with Gasteiger partial charge in [-0.1, -0.05) is 18.2 Å². The van der Waals surface area contributed by atoms with Gasteiger partial charge in [0.1, 0.15) is 0 Å². The molecule has 78 valence electrons. The number of allylic oxidation sites excluding steroid dienone is 2. The van der Waals surface area contributed by atoms with Gasteiger partial charge in [0.25, 0.3) is 0 Å². The zero-order valence-electron chi connectivity index (χ0n) is 8.82. The van der Waals surface area contributed by atoms with Crippen LogP contribution in [-0.4, -0.2) is 12.0 Å². The Morgan fingerprint density at radius 1 is 1.20 bits per heavy atom. The molecule has 0 radical (unpaired) electrons. The lowest BCUT2D eigenvalue weighted by Gasteiger charge is -2.11. The number of carbonyl (C=O) groups is 1. The number of thioether (sulfide) groups is 1. The zero-order valence-corrected chi connectivity index (χ0v) is 9.64. The van der Waals surface area contributed by atoms with Gasteiger partial charge in [-0.25, -0.2) is 0 Å². The summed E-state index contributed by atoms with van der Waals surface area (Å²) in [5, 5.41) is 0. The summed E-state index contributed by atoms with van der Waals surface area (Å²) >= 11 is 1.72. The van der Waals surface area contributed by atoms with Gasteiger partial charge in [-0.05, 0) is 36.8 Å². The summed E-state index contributed by atoms with van der Waals surface area (Å²) in [4.78, 5) is 12.9. The molecule has 15 heavy (non-hydrogen) atoms. The molecule has 0 heterocycles. The van der Waals surface area contributed by atoms with Crippen LogP contribution in [0.2, 0.25) is 0 Å². The first-order valence-corrected chi connectivity index (χ1v) is 6.41. The van der Waals surface area contributed by atoms with Crippen LogP contribution < -0.4 is 0 Å². The molecule has 1 nitrogen and oxygen atoms in total. The summed E-state index contributed by atoms with van der Waals surface area (Å²) in [6, 6.07) is 8.23. The average Bonchev–Trinajstić information content (AvgIpc) is 2.30. The molecule has 1 aromatic rings. The third kappa shape index (κ3) is 2.32. The number of ketones is 1. The van der Waals surface area contributed by atoms with E-state index in [1.165, 1.54) is 4.90 Å². The Balaban J connectivity index is 2.28. The third-order valence-electron chi connectivity index (χ3n) is 2.66. The molecule has 0 fully saturated rings. The summed E-state index contributed by atoms with van der Waals surface area (Å²) in [5.41, 5.74) is 1.98. The lowest BCUT2D eigenvalue weighted by molar-refractivity contribution is -0.114. The Morgan fingerprint density at radius 3 is 2.53 bits per heavy atom. The molecule has 0 bridgehead atoms. The van der Waals surface area contributed by atoms with Crippen molar-refractivity contribution in [3.05, 3.63) is 35.9 Å². The monoisotopic (exact) mass is 218 g/mol. The fraction of sp³-hybridized carbons (Fsp3) is 0.308. The summed E-state index contributed by atoms with van der Waals surface area (Å²) in [5.74, 6) is 0.290. The Bertz CT molecular complexity index is 390. The van der Waals surface area contributed by atoms with Crippen molar-refractivity contribution in [2.24, 2.45) is 0 Å². The van der Waals surface area contributed by atoms with Gasteiger partial charge in [-0.3, -0.25) is 4.79 Å². The smallest absolute Gasteiger partial charge is 0.163 e.